The maximum atomic E-state index is 13.6. The highest BCUT2D eigenvalue weighted by Crippen LogP contribution is 2.36. The molecule has 1 saturated heterocycles. The molecule has 2 fully saturated rings. The third-order valence-corrected chi connectivity index (χ3v) is 5.16. The summed E-state index contributed by atoms with van der Waals surface area (Å²) >= 11 is 0. The second kappa shape index (κ2) is 9.02. The van der Waals surface area contributed by atoms with E-state index in [-0.39, 0.29) is 12.2 Å². The molecule has 0 N–H and O–H groups in total. The molecule has 0 amide bonds. The van der Waals surface area contributed by atoms with Crippen molar-refractivity contribution in [2.75, 3.05) is 6.61 Å². The van der Waals surface area contributed by atoms with Crippen molar-refractivity contribution in [3.63, 3.8) is 0 Å². The molecule has 1 heterocycles. The van der Waals surface area contributed by atoms with Gasteiger partial charge in [0.15, 0.2) is 0 Å². The zero-order valence-electron chi connectivity index (χ0n) is 14.3. The Morgan fingerprint density at radius 3 is 2.29 bits per heavy atom. The zero-order valence-corrected chi connectivity index (χ0v) is 14.3. The van der Waals surface area contributed by atoms with E-state index >= 15 is 0 Å². The second-order valence-corrected chi connectivity index (χ2v) is 7.17. The molecule has 2 aliphatic rings. The number of rotatable bonds is 5. The van der Waals surface area contributed by atoms with Crippen molar-refractivity contribution >= 4 is 0 Å². The predicted octanol–water partition coefficient (Wildman–Crippen LogP) is 6.36. The van der Waals surface area contributed by atoms with Gasteiger partial charge in [0.05, 0.1) is 18.8 Å². The Balaban J connectivity index is 1.72. The molecule has 0 aromatic rings. The quantitative estimate of drug-likeness (QED) is 0.415. The number of halogens is 4. The summed E-state index contributed by atoms with van der Waals surface area (Å²) in [5.41, 5.74) is 0. The first-order valence-corrected chi connectivity index (χ1v) is 9.12. The summed E-state index contributed by atoms with van der Waals surface area (Å²) in [6, 6.07) is 0. The number of alkyl halides is 3. The molecule has 0 aromatic carbocycles. The molecule has 0 aromatic heterocycles. The van der Waals surface area contributed by atoms with Crippen molar-refractivity contribution in [1.29, 1.82) is 0 Å². The molecular weight excluding hydrogens is 320 g/mol. The maximum Gasteiger partial charge on any atom is 0.412 e. The van der Waals surface area contributed by atoms with E-state index < -0.39 is 17.9 Å². The van der Waals surface area contributed by atoms with Gasteiger partial charge in [0, 0.05) is 5.92 Å². The number of ether oxygens (including phenoxy) is 1. The van der Waals surface area contributed by atoms with Gasteiger partial charge in [0.25, 0.3) is 0 Å². The van der Waals surface area contributed by atoms with Crippen LogP contribution in [0.2, 0.25) is 0 Å². The number of hydrogen-bond acceptors (Lipinski definition) is 1. The van der Waals surface area contributed by atoms with Gasteiger partial charge in [-0.15, -0.1) is 0 Å². The summed E-state index contributed by atoms with van der Waals surface area (Å²) in [6.07, 6.45) is 6.76. The summed E-state index contributed by atoms with van der Waals surface area (Å²) in [7, 11) is 0. The summed E-state index contributed by atoms with van der Waals surface area (Å²) < 4.78 is 56.1. The van der Waals surface area contributed by atoms with Crippen LogP contribution in [-0.4, -0.2) is 18.9 Å². The van der Waals surface area contributed by atoms with Crippen LogP contribution in [0, 0.1) is 17.8 Å². The van der Waals surface area contributed by atoms with Crippen molar-refractivity contribution in [1.82, 2.24) is 0 Å². The van der Waals surface area contributed by atoms with Crippen LogP contribution < -0.4 is 0 Å². The first-order chi connectivity index (χ1) is 11.4. The standard InChI is InChI=1S/C19H28F4O/c1-2-3-15-7-11-17(24-13-15)10-6-14-4-8-16(9-5-14)18(20)12-19(21,22)23/h6,10,12,14-17H,2-5,7-9,11,13H2,1H3/b10-6+,18-12-. The van der Waals surface area contributed by atoms with Crippen molar-refractivity contribution in [2.24, 2.45) is 17.8 Å². The normalized spacial score (nSPS) is 33.1. The Labute approximate surface area is 142 Å². The van der Waals surface area contributed by atoms with Crippen molar-refractivity contribution in [3.05, 3.63) is 24.1 Å². The van der Waals surface area contributed by atoms with Crippen LogP contribution in [0.15, 0.2) is 24.1 Å². The summed E-state index contributed by atoms with van der Waals surface area (Å²) in [5, 5.41) is 0. The minimum atomic E-state index is -4.56. The van der Waals surface area contributed by atoms with Gasteiger partial charge < -0.3 is 4.74 Å². The minimum absolute atomic E-state index is 0.165. The summed E-state index contributed by atoms with van der Waals surface area (Å²) in [5.74, 6) is -0.574. The molecule has 2 atom stereocenters. The molecule has 2 unspecified atom stereocenters. The number of allylic oxidation sites excluding steroid dienone is 3. The van der Waals surface area contributed by atoms with E-state index in [1.807, 2.05) is 0 Å². The first kappa shape index (κ1) is 19.5. The summed E-state index contributed by atoms with van der Waals surface area (Å²) in [4.78, 5) is 0. The fourth-order valence-electron chi connectivity index (χ4n) is 3.76. The van der Waals surface area contributed by atoms with Crippen molar-refractivity contribution in [3.8, 4) is 0 Å². The van der Waals surface area contributed by atoms with E-state index in [4.69, 9.17) is 4.74 Å². The van der Waals surface area contributed by atoms with E-state index in [0.717, 1.165) is 25.9 Å². The smallest absolute Gasteiger partial charge is 0.374 e. The average Bonchev–Trinajstić information content (AvgIpc) is 2.53. The van der Waals surface area contributed by atoms with Gasteiger partial charge in [-0.3, -0.25) is 0 Å². The van der Waals surface area contributed by atoms with Crippen LogP contribution >= 0.6 is 0 Å². The SMILES string of the molecule is CCCC1CCC(/C=C/C2CCC(/C(F)=C/C(F)(F)F)CC2)OC1. The first-order valence-electron chi connectivity index (χ1n) is 9.12. The molecule has 1 saturated carbocycles. The van der Waals surface area contributed by atoms with E-state index in [9.17, 15) is 17.6 Å². The monoisotopic (exact) mass is 348 g/mol. The van der Waals surface area contributed by atoms with Crippen LogP contribution in [0.5, 0.6) is 0 Å². The molecule has 24 heavy (non-hydrogen) atoms. The van der Waals surface area contributed by atoms with E-state index in [1.165, 1.54) is 19.3 Å². The molecule has 0 spiro atoms. The van der Waals surface area contributed by atoms with Crippen LogP contribution in [0.1, 0.15) is 58.3 Å². The summed E-state index contributed by atoms with van der Waals surface area (Å²) in [6.45, 7) is 3.01. The van der Waals surface area contributed by atoms with E-state index in [1.54, 1.807) is 0 Å². The third kappa shape index (κ3) is 6.58. The van der Waals surface area contributed by atoms with Crippen LogP contribution in [0.25, 0.3) is 0 Å². The molecular formula is C19H28F4O. The number of hydrogen-bond donors (Lipinski definition) is 0. The molecule has 1 aliphatic carbocycles. The lowest BCUT2D eigenvalue weighted by molar-refractivity contribution is -0.0820. The molecule has 1 nitrogen and oxygen atoms in total. The van der Waals surface area contributed by atoms with Crippen LogP contribution in [-0.2, 0) is 4.74 Å². The Morgan fingerprint density at radius 1 is 1.04 bits per heavy atom. The van der Waals surface area contributed by atoms with Crippen LogP contribution in [0.4, 0.5) is 17.6 Å². The van der Waals surface area contributed by atoms with Gasteiger partial charge in [-0.1, -0.05) is 25.5 Å². The van der Waals surface area contributed by atoms with Gasteiger partial charge in [-0.2, -0.15) is 13.2 Å². The van der Waals surface area contributed by atoms with Gasteiger partial charge in [0.1, 0.15) is 5.83 Å². The van der Waals surface area contributed by atoms with Crippen molar-refractivity contribution in [2.45, 2.75) is 70.6 Å². The Bertz CT molecular complexity index is 425. The Hall–Kier alpha value is -0.840. The lowest BCUT2D eigenvalue weighted by Gasteiger charge is -2.28. The third-order valence-electron chi connectivity index (χ3n) is 5.16. The van der Waals surface area contributed by atoms with Gasteiger partial charge >= 0.3 is 6.18 Å². The fraction of sp³-hybridized carbons (Fsp3) is 0.789. The lowest BCUT2D eigenvalue weighted by atomic mass is 9.81. The maximum absolute atomic E-state index is 13.6. The van der Waals surface area contributed by atoms with Gasteiger partial charge in [-0.25, -0.2) is 4.39 Å². The predicted molar refractivity (Wildman–Crippen MR) is 87.2 cm³/mol. The Kier molecular flexibility index (Phi) is 7.33. The highest BCUT2D eigenvalue weighted by atomic mass is 19.4. The minimum Gasteiger partial charge on any atom is -0.374 e. The topological polar surface area (TPSA) is 9.23 Å². The Morgan fingerprint density at radius 2 is 1.75 bits per heavy atom. The molecule has 0 bridgehead atoms. The molecule has 5 heteroatoms. The highest BCUT2D eigenvalue weighted by Gasteiger charge is 2.30. The molecule has 2 rings (SSSR count). The lowest BCUT2D eigenvalue weighted by Crippen LogP contribution is -2.24. The highest BCUT2D eigenvalue weighted by molar-refractivity contribution is 5.05. The van der Waals surface area contributed by atoms with E-state index in [0.29, 0.717) is 24.7 Å². The molecule has 0 radical (unpaired) electrons. The van der Waals surface area contributed by atoms with Crippen molar-refractivity contribution < 1.29 is 22.3 Å². The zero-order chi connectivity index (χ0) is 17.6. The van der Waals surface area contributed by atoms with Gasteiger partial charge in [-0.05, 0) is 56.8 Å². The largest absolute Gasteiger partial charge is 0.412 e. The average molecular weight is 348 g/mol. The van der Waals surface area contributed by atoms with Gasteiger partial charge in [0.2, 0.25) is 0 Å². The van der Waals surface area contributed by atoms with Crippen LogP contribution in [0.3, 0.4) is 0 Å². The molecule has 1 aliphatic heterocycles. The molecule has 138 valence electrons. The fourth-order valence-corrected chi connectivity index (χ4v) is 3.76. The van der Waals surface area contributed by atoms with E-state index in [2.05, 4.69) is 19.1 Å². The second-order valence-electron chi connectivity index (χ2n) is 7.17.